The topological polar surface area (TPSA) is 103 Å². The number of methoxy groups -OCH3 is 1. The Bertz CT molecular complexity index is 1790. The van der Waals surface area contributed by atoms with Crippen molar-refractivity contribution >= 4 is 40.8 Å². The minimum absolute atomic E-state index is 0.0198. The van der Waals surface area contributed by atoms with Gasteiger partial charge in [-0.1, -0.05) is 94.3 Å². The predicted molar refractivity (Wildman–Crippen MR) is 191 cm³/mol. The lowest BCUT2D eigenvalue weighted by atomic mass is 9.62. The average molecular weight is 727 g/mol. The van der Waals surface area contributed by atoms with Gasteiger partial charge in [-0.25, -0.2) is 13.6 Å². The van der Waals surface area contributed by atoms with Crippen molar-refractivity contribution in [1.29, 1.82) is 5.26 Å². The molecule has 0 spiro atoms. The maximum Gasteiger partial charge on any atom is 0.339 e. The highest BCUT2D eigenvalue weighted by Crippen LogP contribution is 2.57. The fourth-order valence-corrected chi connectivity index (χ4v) is 8.42. The molecular formula is C39H43Cl2F2N3O4. The summed E-state index contributed by atoms with van der Waals surface area (Å²) < 4.78 is 38.0. The van der Waals surface area contributed by atoms with E-state index in [0.29, 0.717) is 18.9 Å². The van der Waals surface area contributed by atoms with E-state index in [2.05, 4.69) is 11.4 Å². The quantitative estimate of drug-likeness (QED) is 0.216. The molecule has 1 aliphatic carbocycles. The van der Waals surface area contributed by atoms with Crippen LogP contribution in [0.1, 0.15) is 93.1 Å². The van der Waals surface area contributed by atoms with Gasteiger partial charge in [0.25, 0.3) is 0 Å². The first kappa shape index (κ1) is 37.5. The van der Waals surface area contributed by atoms with Crippen LogP contribution in [-0.4, -0.2) is 47.6 Å². The predicted octanol–water partition coefficient (Wildman–Crippen LogP) is 9.62. The van der Waals surface area contributed by atoms with Crippen molar-refractivity contribution in [3.05, 3.63) is 93.0 Å². The molecule has 266 valence electrons. The molecular weight excluding hydrogens is 683 g/mol. The lowest BCUT2D eigenvalue weighted by molar-refractivity contribution is -0.121. The molecule has 1 heterocycles. The third-order valence-corrected chi connectivity index (χ3v) is 10.8. The maximum absolute atomic E-state index is 16.4. The second-order valence-corrected chi connectivity index (χ2v) is 15.5. The van der Waals surface area contributed by atoms with Crippen LogP contribution >= 0.6 is 23.2 Å². The van der Waals surface area contributed by atoms with Crippen molar-refractivity contribution in [2.75, 3.05) is 19.0 Å². The van der Waals surface area contributed by atoms with Gasteiger partial charge < -0.3 is 15.2 Å². The number of anilines is 1. The van der Waals surface area contributed by atoms with Gasteiger partial charge in [-0.3, -0.25) is 9.69 Å². The first-order valence-electron chi connectivity index (χ1n) is 17.0. The molecule has 3 aromatic rings. The highest BCUT2D eigenvalue weighted by atomic mass is 35.5. The van der Waals surface area contributed by atoms with Gasteiger partial charge in [-0.05, 0) is 66.6 Å². The summed E-state index contributed by atoms with van der Waals surface area (Å²) in [5, 5.41) is 23.9. The van der Waals surface area contributed by atoms with Crippen LogP contribution in [0.2, 0.25) is 10.0 Å². The van der Waals surface area contributed by atoms with Crippen molar-refractivity contribution < 1.29 is 28.2 Å². The smallest absolute Gasteiger partial charge is 0.339 e. The minimum atomic E-state index is -1.77. The number of ether oxygens (including phenoxy) is 1. The Labute approximate surface area is 302 Å². The lowest BCUT2D eigenvalue weighted by Crippen LogP contribution is -2.48. The fraction of sp³-hybridized carbons (Fsp3) is 0.462. The number of rotatable bonds is 10. The highest BCUT2D eigenvalue weighted by molar-refractivity contribution is 6.31. The number of carbonyl (C=O) groups excluding carboxylic acids is 1. The number of halogens is 4. The summed E-state index contributed by atoms with van der Waals surface area (Å²) in [5.41, 5.74) is -1.98. The number of nitrogens with zero attached hydrogens (tertiary/aromatic N) is 2. The molecule has 2 N–H and O–H groups in total. The molecule has 1 saturated heterocycles. The summed E-state index contributed by atoms with van der Waals surface area (Å²) in [6, 6.07) is 13.3. The van der Waals surface area contributed by atoms with Crippen molar-refractivity contribution in [1.82, 2.24) is 4.90 Å². The first-order valence-corrected chi connectivity index (χ1v) is 17.8. The fourth-order valence-electron chi connectivity index (χ4n) is 8.08. The largest absolute Gasteiger partial charge is 0.496 e. The Morgan fingerprint density at radius 1 is 1.08 bits per heavy atom. The molecule has 2 aliphatic rings. The molecule has 50 heavy (non-hydrogen) atoms. The van der Waals surface area contributed by atoms with Crippen LogP contribution in [0.3, 0.4) is 0 Å². The zero-order chi connectivity index (χ0) is 36.4. The summed E-state index contributed by atoms with van der Waals surface area (Å²) >= 11 is 12.6. The zero-order valence-electron chi connectivity index (χ0n) is 28.7. The molecule has 11 heteroatoms. The van der Waals surface area contributed by atoms with Gasteiger partial charge in [-0.15, -0.1) is 0 Å². The number of nitrogens with one attached hydrogen (secondary N) is 1. The first-order chi connectivity index (χ1) is 23.7. The summed E-state index contributed by atoms with van der Waals surface area (Å²) in [6.45, 7) is 6.46. The standard InChI is InChI=1S/C39H43Cl2F2N3O4/c1-38(2,3)21-32-39(22-44,28-16-13-24(40)19-30(28)42)33(27-11-8-12-29(41)34(27)43)35(46(32)18-17-23-9-6-5-7-10-23)36(47)45-25-14-15-26(37(48)49)31(20-25)50-4/h8,11-16,19-20,23,32-33,35H,5-7,9-10,17-18,21H2,1-4H3,(H,45,47)(H,48,49)/t32-,33-,35+,39-/m0/s1. The van der Waals surface area contributed by atoms with Crippen molar-refractivity contribution in [2.45, 2.75) is 89.1 Å². The van der Waals surface area contributed by atoms with Crippen LogP contribution in [0.4, 0.5) is 14.5 Å². The van der Waals surface area contributed by atoms with Gasteiger partial charge in [0.1, 0.15) is 28.4 Å². The van der Waals surface area contributed by atoms with E-state index >= 15 is 8.78 Å². The third-order valence-electron chi connectivity index (χ3n) is 10.3. The van der Waals surface area contributed by atoms with Gasteiger partial charge in [0.15, 0.2) is 0 Å². The van der Waals surface area contributed by atoms with E-state index in [1.807, 2.05) is 25.7 Å². The van der Waals surface area contributed by atoms with E-state index in [1.165, 1.54) is 56.0 Å². The number of aromatic carboxylic acids is 1. The molecule has 0 unspecified atom stereocenters. The monoisotopic (exact) mass is 725 g/mol. The molecule has 5 rings (SSSR count). The van der Waals surface area contributed by atoms with Gasteiger partial charge in [0.05, 0.1) is 24.2 Å². The second-order valence-electron chi connectivity index (χ2n) is 14.7. The minimum Gasteiger partial charge on any atom is -0.496 e. The number of likely N-dealkylation sites (tertiary alicyclic amines) is 1. The molecule has 0 bridgehead atoms. The third kappa shape index (κ3) is 7.49. The van der Waals surface area contributed by atoms with E-state index in [0.717, 1.165) is 38.2 Å². The molecule has 0 aromatic heterocycles. The normalized spacial score (nSPS) is 23.0. The zero-order valence-corrected chi connectivity index (χ0v) is 30.3. The molecule has 1 saturated carbocycles. The molecule has 2 fully saturated rings. The maximum atomic E-state index is 16.4. The average Bonchev–Trinajstić information content (AvgIpc) is 3.33. The molecule has 3 aromatic carbocycles. The van der Waals surface area contributed by atoms with E-state index in [9.17, 15) is 20.0 Å². The van der Waals surface area contributed by atoms with Gasteiger partial charge in [0, 0.05) is 34.3 Å². The van der Waals surface area contributed by atoms with Crippen LogP contribution in [0.5, 0.6) is 5.75 Å². The van der Waals surface area contributed by atoms with Crippen LogP contribution in [0, 0.1) is 34.3 Å². The highest BCUT2D eigenvalue weighted by Gasteiger charge is 2.64. The SMILES string of the molecule is COc1cc(NC(=O)[C@H]2[C@H](c3cccc(Cl)c3F)[C@@](C#N)(c3ccc(Cl)cc3F)[C@H](CC(C)(C)C)N2CCC2CCCCC2)ccc1C(=O)O. The number of benzene rings is 3. The number of nitriles is 1. The van der Waals surface area contributed by atoms with E-state index < -0.39 is 52.3 Å². The summed E-state index contributed by atoms with van der Waals surface area (Å²) in [4.78, 5) is 28.6. The van der Waals surface area contributed by atoms with Crippen molar-refractivity contribution in [3.63, 3.8) is 0 Å². The number of hydrogen-bond donors (Lipinski definition) is 2. The van der Waals surface area contributed by atoms with Gasteiger partial charge in [0.2, 0.25) is 5.91 Å². The van der Waals surface area contributed by atoms with Crippen molar-refractivity contribution in [3.8, 4) is 11.8 Å². The Kier molecular flexibility index (Phi) is 11.5. The molecule has 7 nitrogen and oxygen atoms in total. The second kappa shape index (κ2) is 15.3. The Morgan fingerprint density at radius 2 is 1.80 bits per heavy atom. The molecule has 0 radical (unpaired) electrons. The molecule has 4 atom stereocenters. The van der Waals surface area contributed by atoms with Crippen LogP contribution < -0.4 is 10.1 Å². The van der Waals surface area contributed by atoms with Gasteiger partial charge in [-0.2, -0.15) is 5.26 Å². The summed E-state index contributed by atoms with van der Waals surface area (Å²) in [7, 11) is 1.33. The Balaban J connectivity index is 1.77. The number of amides is 1. The molecule has 1 amide bonds. The number of carbonyl (C=O) groups is 2. The van der Waals surface area contributed by atoms with E-state index in [1.54, 1.807) is 6.07 Å². The summed E-state index contributed by atoms with van der Waals surface area (Å²) in [5.74, 6) is -4.06. The molecule has 1 aliphatic heterocycles. The number of hydrogen-bond acceptors (Lipinski definition) is 5. The summed E-state index contributed by atoms with van der Waals surface area (Å²) in [6.07, 6.45) is 6.60. The van der Waals surface area contributed by atoms with Crippen LogP contribution in [0.15, 0.2) is 54.6 Å². The van der Waals surface area contributed by atoms with E-state index in [-0.39, 0.29) is 38.2 Å². The van der Waals surface area contributed by atoms with Crippen LogP contribution in [-0.2, 0) is 10.2 Å². The Morgan fingerprint density at radius 3 is 2.42 bits per heavy atom. The van der Waals surface area contributed by atoms with E-state index in [4.69, 9.17) is 27.9 Å². The Hall–Kier alpha value is -3.71. The number of carboxylic acid groups (broad SMARTS) is 1. The lowest BCUT2D eigenvalue weighted by Gasteiger charge is -2.40. The number of carboxylic acids is 1. The van der Waals surface area contributed by atoms with Crippen molar-refractivity contribution in [2.24, 2.45) is 11.3 Å². The van der Waals surface area contributed by atoms with Gasteiger partial charge >= 0.3 is 5.97 Å². The van der Waals surface area contributed by atoms with Crippen LogP contribution in [0.25, 0.3) is 0 Å².